The molecule has 0 saturated carbocycles. The fraction of sp³-hybridized carbons (Fsp3) is 0.333. The number of benzene rings is 1. The van der Waals surface area contributed by atoms with E-state index in [0.717, 1.165) is 18.2 Å². The van der Waals surface area contributed by atoms with Crippen molar-refractivity contribution in [3.8, 4) is 0 Å². The molecule has 0 amide bonds. The van der Waals surface area contributed by atoms with Crippen LogP contribution in [-0.2, 0) is 5.54 Å². The van der Waals surface area contributed by atoms with Gasteiger partial charge in [-0.05, 0) is 25.1 Å². The number of nitrogens with two attached hydrogens (primary N) is 1. The summed E-state index contributed by atoms with van der Waals surface area (Å²) in [6, 6.07) is 2.99. The summed E-state index contributed by atoms with van der Waals surface area (Å²) < 4.78 is 25.8. The monoisotopic (exact) mass is 187 g/mol. The number of rotatable bonds is 2. The van der Waals surface area contributed by atoms with Gasteiger partial charge in [0.1, 0.15) is 11.6 Å². The Morgan fingerprint density at radius 3 is 2.62 bits per heavy atom. The van der Waals surface area contributed by atoms with Gasteiger partial charge < -0.3 is 10.8 Å². The van der Waals surface area contributed by atoms with E-state index in [1.807, 2.05) is 0 Å². The molecule has 0 fully saturated rings. The molecule has 72 valence electrons. The van der Waals surface area contributed by atoms with Crippen LogP contribution in [0.4, 0.5) is 8.78 Å². The third kappa shape index (κ3) is 2.02. The lowest BCUT2D eigenvalue weighted by Crippen LogP contribution is -2.38. The molecule has 0 bridgehead atoms. The second-order valence-electron chi connectivity index (χ2n) is 3.20. The van der Waals surface area contributed by atoms with Crippen molar-refractivity contribution in [3.05, 3.63) is 35.4 Å². The zero-order valence-corrected chi connectivity index (χ0v) is 7.22. The molecule has 0 radical (unpaired) electrons. The largest absolute Gasteiger partial charge is 0.394 e. The van der Waals surface area contributed by atoms with E-state index in [9.17, 15) is 8.78 Å². The second kappa shape index (κ2) is 3.40. The minimum atomic E-state index is -1.24. The minimum Gasteiger partial charge on any atom is -0.394 e. The van der Waals surface area contributed by atoms with Gasteiger partial charge in [0.15, 0.2) is 0 Å². The third-order valence-electron chi connectivity index (χ3n) is 1.87. The summed E-state index contributed by atoms with van der Waals surface area (Å²) in [4.78, 5) is 0. The molecule has 13 heavy (non-hydrogen) atoms. The van der Waals surface area contributed by atoms with Gasteiger partial charge in [-0.15, -0.1) is 0 Å². The quantitative estimate of drug-likeness (QED) is 0.729. The first-order valence-electron chi connectivity index (χ1n) is 3.82. The Balaban J connectivity index is 3.20. The highest BCUT2D eigenvalue weighted by Gasteiger charge is 2.24. The molecular formula is C9H11F2NO. The van der Waals surface area contributed by atoms with Crippen molar-refractivity contribution in [2.24, 2.45) is 5.73 Å². The van der Waals surface area contributed by atoms with Gasteiger partial charge in [0, 0.05) is 5.56 Å². The number of aliphatic hydroxyl groups is 1. The van der Waals surface area contributed by atoms with E-state index < -0.39 is 23.8 Å². The van der Waals surface area contributed by atoms with Crippen LogP contribution in [0.1, 0.15) is 12.5 Å². The molecule has 0 heterocycles. The molecule has 0 saturated heterocycles. The number of aliphatic hydroxyl groups excluding tert-OH is 1. The van der Waals surface area contributed by atoms with Crippen LogP contribution in [0.3, 0.4) is 0 Å². The fourth-order valence-electron chi connectivity index (χ4n) is 1.02. The molecule has 0 aliphatic rings. The summed E-state index contributed by atoms with van der Waals surface area (Å²) in [6.45, 7) is 0.998. The lowest BCUT2D eigenvalue weighted by atomic mass is 9.94. The normalized spacial score (nSPS) is 15.5. The lowest BCUT2D eigenvalue weighted by molar-refractivity contribution is 0.206. The average molecular weight is 187 g/mol. The first kappa shape index (κ1) is 10.1. The maximum Gasteiger partial charge on any atom is 0.128 e. The zero-order chi connectivity index (χ0) is 10.1. The van der Waals surface area contributed by atoms with Crippen molar-refractivity contribution < 1.29 is 13.9 Å². The maximum atomic E-state index is 13.1. The van der Waals surface area contributed by atoms with Gasteiger partial charge in [-0.2, -0.15) is 0 Å². The summed E-state index contributed by atoms with van der Waals surface area (Å²) in [7, 11) is 0. The molecule has 0 aliphatic carbocycles. The van der Waals surface area contributed by atoms with Crippen molar-refractivity contribution >= 4 is 0 Å². The minimum absolute atomic E-state index is 0.0185. The molecule has 0 aromatic heterocycles. The van der Waals surface area contributed by atoms with Crippen LogP contribution in [0.5, 0.6) is 0 Å². The Bertz CT molecular complexity index is 312. The van der Waals surface area contributed by atoms with E-state index in [1.54, 1.807) is 0 Å². The predicted octanol–water partition coefficient (Wildman–Crippen LogP) is 1.13. The number of hydrogen-bond donors (Lipinski definition) is 2. The SMILES string of the molecule is C[C@@](N)(CO)c1cc(F)ccc1F. The van der Waals surface area contributed by atoms with Gasteiger partial charge in [-0.3, -0.25) is 0 Å². The Kier molecular flexibility index (Phi) is 2.63. The Morgan fingerprint density at radius 2 is 2.08 bits per heavy atom. The summed E-state index contributed by atoms with van der Waals surface area (Å²) in [5.74, 6) is -1.18. The highest BCUT2D eigenvalue weighted by Crippen LogP contribution is 2.21. The zero-order valence-electron chi connectivity index (χ0n) is 7.22. The molecule has 2 nitrogen and oxygen atoms in total. The molecule has 1 atom stereocenters. The van der Waals surface area contributed by atoms with E-state index in [0.29, 0.717) is 0 Å². The summed E-state index contributed by atoms with van der Waals surface area (Å²) in [6.07, 6.45) is 0. The van der Waals surface area contributed by atoms with E-state index >= 15 is 0 Å². The lowest BCUT2D eigenvalue weighted by Gasteiger charge is -2.22. The Morgan fingerprint density at radius 1 is 1.46 bits per heavy atom. The molecule has 1 aromatic carbocycles. The molecule has 0 aliphatic heterocycles. The van der Waals surface area contributed by atoms with Crippen LogP contribution >= 0.6 is 0 Å². The van der Waals surface area contributed by atoms with Crippen molar-refractivity contribution in [2.45, 2.75) is 12.5 Å². The van der Waals surface area contributed by atoms with Gasteiger partial charge in [-0.1, -0.05) is 0 Å². The van der Waals surface area contributed by atoms with Gasteiger partial charge in [-0.25, -0.2) is 8.78 Å². The number of halogens is 2. The van der Waals surface area contributed by atoms with Crippen LogP contribution in [0.2, 0.25) is 0 Å². The van der Waals surface area contributed by atoms with Crippen molar-refractivity contribution in [1.82, 2.24) is 0 Å². The number of hydrogen-bond acceptors (Lipinski definition) is 2. The summed E-state index contributed by atoms with van der Waals surface area (Å²) in [5.41, 5.74) is 4.29. The summed E-state index contributed by atoms with van der Waals surface area (Å²) in [5, 5.41) is 8.85. The summed E-state index contributed by atoms with van der Waals surface area (Å²) >= 11 is 0. The Hall–Kier alpha value is -1.00. The standard InChI is InChI=1S/C9H11F2NO/c1-9(12,5-13)7-4-6(10)2-3-8(7)11/h2-4,13H,5,12H2,1H3/t9-/m1/s1. The van der Waals surface area contributed by atoms with Crippen molar-refractivity contribution in [2.75, 3.05) is 6.61 Å². The van der Waals surface area contributed by atoms with Gasteiger partial charge in [0.05, 0.1) is 12.1 Å². The third-order valence-corrected chi connectivity index (χ3v) is 1.87. The first-order chi connectivity index (χ1) is 5.97. The predicted molar refractivity (Wildman–Crippen MR) is 45.0 cm³/mol. The molecular weight excluding hydrogens is 176 g/mol. The van der Waals surface area contributed by atoms with Gasteiger partial charge in [0.2, 0.25) is 0 Å². The molecule has 1 rings (SSSR count). The molecule has 0 spiro atoms. The van der Waals surface area contributed by atoms with Crippen molar-refractivity contribution in [1.29, 1.82) is 0 Å². The van der Waals surface area contributed by atoms with Crippen LogP contribution in [0, 0.1) is 11.6 Å². The fourth-order valence-corrected chi connectivity index (χ4v) is 1.02. The molecule has 1 aromatic rings. The molecule has 0 unspecified atom stereocenters. The van der Waals surface area contributed by atoms with E-state index in [-0.39, 0.29) is 5.56 Å². The van der Waals surface area contributed by atoms with Crippen molar-refractivity contribution in [3.63, 3.8) is 0 Å². The average Bonchev–Trinajstić information content (AvgIpc) is 2.09. The van der Waals surface area contributed by atoms with E-state index in [2.05, 4.69) is 0 Å². The second-order valence-corrected chi connectivity index (χ2v) is 3.20. The van der Waals surface area contributed by atoms with E-state index in [4.69, 9.17) is 10.8 Å². The highest BCUT2D eigenvalue weighted by molar-refractivity contribution is 5.25. The van der Waals surface area contributed by atoms with Gasteiger partial charge in [0.25, 0.3) is 0 Å². The van der Waals surface area contributed by atoms with E-state index in [1.165, 1.54) is 6.92 Å². The molecule has 3 N–H and O–H groups in total. The van der Waals surface area contributed by atoms with Crippen LogP contribution < -0.4 is 5.73 Å². The highest BCUT2D eigenvalue weighted by atomic mass is 19.1. The van der Waals surface area contributed by atoms with Crippen LogP contribution in [-0.4, -0.2) is 11.7 Å². The topological polar surface area (TPSA) is 46.2 Å². The molecule has 4 heteroatoms. The van der Waals surface area contributed by atoms with Gasteiger partial charge >= 0.3 is 0 Å². The maximum absolute atomic E-state index is 13.1. The first-order valence-corrected chi connectivity index (χ1v) is 3.82. The van der Waals surface area contributed by atoms with Crippen LogP contribution in [0.15, 0.2) is 18.2 Å². The van der Waals surface area contributed by atoms with Crippen LogP contribution in [0.25, 0.3) is 0 Å². The Labute approximate surface area is 75.0 Å². The smallest absolute Gasteiger partial charge is 0.128 e.